The molecule has 2 aliphatic rings. The molecule has 112 valence electrons. The highest BCUT2D eigenvalue weighted by Crippen LogP contribution is 2.20. The normalized spacial score (nSPS) is 22.5. The zero-order valence-corrected chi connectivity index (χ0v) is 11.9. The van der Waals surface area contributed by atoms with Crippen LogP contribution in [0.3, 0.4) is 0 Å². The number of benzene rings is 1. The third-order valence-corrected chi connectivity index (χ3v) is 4.10. The first-order valence-corrected chi connectivity index (χ1v) is 7.43. The van der Waals surface area contributed by atoms with Crippen molar-refractivity contribution in [3.8, 4) is 0 Å². The van der Waals surface area contributed by atoms with E-state index in [1.54, 1.807) is 0 Å². The fraction of sp³-hybridized carbons (Fsp3) is 0.438. The molecule has 1 aromatic carbocycles. The molecule has 1 fully saturated rings. The first kappa shape index (κ1) is 14.1. The molecular weight excluding hydrogens is 269 g/mol. The Bertz CT molecular complexity index is 521. The fourth-order valence-electron chi connectivity index (χ4n) is 2.87. The van der Waals surface area contributed by atoms with E-state index >= 15 is 0 Å². The van der Waals surface area contributed by atoms with Crippen LogP contribution in [0.2, 0.25) is 0 Å². The minimum absolute atomic E-state index is 0.0592. The summed E-state index contributed by atoms with van der Waals surface area (Å²) < 4.78 is 12.9. The van der Waals surface area contributed by atoms with Crippen molar-refractivity contribution in [2.75, 3.05) is 24.5 Å². The number of carbonyl (C=O) groups is 1. The van der Waals surface area contributed by atoms with Crippen LogP contribution in [0, 0.1) is 5.82 Å². The van der Waals surface area contributed by atoms with Gasteiger partial charge >= 0.3 is 0 Å². The van der Waals surface area contributed by atoms with Gasteiger partial charge in [-0.25, -0.2) is 4.39 Å². The van der Waals surface area contributed by atoms with Crippen molar-refractivity contribution in [1.82, 2.24) is 10.6 Å². The maximum Gasteiger partial charge on any atom is 0.241 e. The van der Waals surface area contributed by atoms with Crippen molar-refractivity contribution in [2.24, 2.45) is 0 Å². The highest BCUT2D eigenvalue weighted by molar-refractivity contribution is 5.84. The van der Waals surface area contributed by atoms with Gasteiger partial charge in [-0.3, -0.25) is 10.1 Å². The molecule has 2 aliphatic heterocycles. The second-order valence-electron chi connectivity index (χ2n) is 5.56. The van der Waals surface area contributed by atoms with Crippen LogP contribution in [0.25, 0.3) is 0 Å². The second kappa shape index (κ2) is 6.26. The number of rotatable bonds is 3. The molecule has 1 unspecified atom stereocenters. The van der Waals surface area contributed by atoms with E-state index in [0.29, 0.717) is 0 Å². The lowest BCUT2D eigenvalue weighted by Gasteiger charge is -2.34. The van der Waals surface area contributed by atoms with E-state index in [-0.39, 0.29) is 23.8 Å². The summed E-state index contributed by atoms with van der Waals surface area (Å²) in [5.74, 6) is -0.151. The number of nitrogens with zero attached hydrogens (tertiary/aromatic N) is 1. The van der Waals surface area contributed by atoms with Crippen LogP contribution >= 0.6 is 0 Å². The minimum Gasteiger partial charge on any atom is -0.371 e. The zero-order valence-electron chi connectivity index (χ0n) is 11.9. The topological polar surface area (TPSA) is 44.4 Å². The molecule has 0 spiro atoms. The van der Waals surface area contributed by atoms with E-state index in [4.69, 9.17) is 0 Å². The van der Waals surface area contributed by atoms with Gasteiger partial charge in [0, 0.05) is 31.4 Å². The standard InChI is InChI=1S/C16H20FN3O/c17-12-3-5-14(6-4-12)20-10-7-13(8-11-20)19-16(21)15-2-1-9-18-15/h1-6,13,15,18H,7-11H2,(H,19,21). The molecule has 1 saturated heterocycles. The number of amides is 1. The van der Waals surface area contributed by atoms with Crippen LogP contribution in [0.15, 0.2) is 36.4 Å². The Labute approximate surface area is 124 Å². The third kappa shape index (κ3) is 3.42. The summed E-state index contributed by atoms with van der Waals surface area (Å²) in [6.45, 7) is 2.52. The van der Waals surface area contributed by atoms with Gasteiger partial charge in [-0.2, -0.15) is 0 Å². The Morgan fingerprint density at radius 2 is 1.95 bits per heavy atom. The first-order chi connectivity index (χ1) is 10.2. The molecule has 2 N–H and O–H groups in total. The maximum absolute atomic E-state index is 12.9. The van der Waals surface area contributed by atoms with Crippen LogP contribution in [0.4, 0.5) is 10.1 Å². The van der Waals surface area contributed by atoms with Gasteiger partial charge in [0.2, 0.25) is 5.91 Å². The van der Waals surface area contributed by atoms with Gasteiger partial charge in [0.25, 0.3) is 0 Å². The minimum atomic E-state index is -0.210. The van der Waals surface area contributed by atoms with Crippen LogP contribution < -0.4 is 15.5 Å². The van der Waals surface area contributed by atoms with Crippen LogP contribution in [-0.2, 0) is 4.79 Å². The van der Waals surface area contributed by atoms with Crippen molar-refractivity contribution in [3.05, 3.63) is 42.2 Å². The molecule has 5 heteroatoms. The second-order valence-corrected chi connectivity index (χ2v) is 5.56. The van der Waals surface area contributed by atoms with E-state index in [1.165, 1.54) is 12.1 Å². The van der Waals surface area contributed by atoms with Crippen molar-refractivity contribution in [1.29, 1.82) is 0 Å². The molecule has 1 amide bonds. The molecule has 2 heterocycles. The predicted molar refractivity (Wildman–Crippen MR) is 80.7 cm³/mol. The van der Waals surface area contributed by atoms with E-state index in [1.807, 2.05) is 24.3 Å². The average molecular weight is 289 g/mol. The van der Waals surface area contributed by atoms with Gasteiger partial charge in [0.15, 0.2) is 0 Å². The largest absolute Gasteiger partial charge is 0.371 e. The van der Waals surface area contributed by atoms with Gasteiger partial charge in [-0.05, 0) is 37.1 Å². The number of hydrogen-bond donors (Lipinski definition) is 2. The fourth-order valence-corrected chi connectivity index (χ4v) is 2.87. The molecule has 0 aromatic heterocycles. The molecule has 4 nitrogen and oxygen atoms in total. The Kier molecular flexibility index (Phi) is 4.20. The summed E-state index contributed by atoms with van der Waals surface area (Å²) in [5.41, 5.74) is 1.04. The number of anilines is 1. The lowest BCUT2D eigenvalue weighted by atomic mass is 10.0. The number of halogens is 1. The van der Waals surface area contributed by atoms with Gasteiger partial charge in [0.1, 0.15) is 11.9 Å². The number of hydrogen-bond acceptors (Lipinski definition) is 3. The van der Waals surface area contributed by atoms with Crippen LogP contribution in [0.5, 0.6) is 0 Å². The molecule has 1 aromatic rings. The number of carbonyl (C=O) groups excluding carboxylic acids is 1. The van der Waals surface area contributed by atoms with Gasteiger partial charge in [-0.15, -0.1) is 0 Å². The Balaban J connectivity index is 1.49. The Morgan fingerprint density at radius 3 is 2.57 bits per heavy atom. The predicted octanol–water partition coefficient (Wildman–Crippen LogP) is 1.44. The van der Waals surface area contributed by atoms with E-state index < -0.39 is 0 Å². The van der Waals surface area contributed by atoms with E-state index in [0.717, 1.165) is 38.2 Å². The lowest BCUT2D eigenvalue weighted by Crippen LogP contribution is -2.49. The van der Waals surface area contributed by atoms with Crippen molar-refractivity contribution < 1.29 is 9.18 Å². The van der Waals surface area contributed by atoms with Gasteiger partial charge in [-0.1, -0.05) is 12.2 Å². The summed E-state index contributed by atoms with van der Waals surface area (Å²) in [6, 6.07) is 6.64. The quantitative estimate of drug-likeness (QED) is 0.828. The molecule has 0 saturated carbocycles. The monoisotopic (exact) mass is 289 g/mol. The SMILES string of the molecule is O=C(NC1CCN(c2ccc(F)cc2)CC1)C1C=CCN1. The third-order valence-electron chi connectivity index (χ3n) is 4.10. The highest BCUT2D eigenvalue weighted by atomic mass is 19.1. The van der Waals surface area contributed by atoms with Gasteiger partial charge in [0.05, 0.1) is 0 Å². The Hall–Kier alpha value is -1.88. The molecule has 1 atom stereocenters. The molecular formula is C16H20FN3O. The van der Waals surface area contributed by atoms with Crippen molar-refractivity contribution in [2.45, 2.75) is 24.9 Å². The van der Waals surface area contributed by atoms with Crippen LogP contribution in [0.1, 0.15) is 12.8 Å². The molecule has 21 heavy (non-hydrogen) atoms. The summed E-state index contributed by atoms with van der Waals surface area (Å²) in [4.78, 5) is 14.3. The van der Waals surface area contributed by atoms with Crippen molar-refractivity contribution >= 4 is 11.6 Å². The summed E-state index contributed by atoms with van der Waals surface area (Å²) in [6.07, 6.45) is 5.71. The lowest BCUT2D eigenvalue weighted by molar-refractivity contribution is -0.122. The average Bonchev–Trinajstić information content (AvgIpc) is 3.03. The van der Waals surface area contributed by atoms with E-state index in [2.05, 4.69) is 15.5 Å². The maximum atomic E-state index is 12.9. The molecule has 0 bridgehead atoms. The first-order valence-electron chi connectivity index (χ1n) is 7.43. The van der Waals surface area contributed by atoms with Gasteiger partial charge < -0.3 is 10.2 Å². The number of piperidine rings is 1. The highest BCUT2D eigenvalue weighted by Gasteiger charge is 2.24. The summed E-state index contributed by atoms with van der Waals surface area (Å²) in [5, 5.41) is 6.22. The number of nitrogens with one attached hydrogen (secondary N) is 2. The summed E-state index contributed by atoms with van der Waals surface area (Å²) >= 11 is 0. The van der Waals surface area contributed by atoms with E-state index in [9.17, 15) is 9.18 Å². The zero-order chi connectivity index (χ0) is 14.7. The molecule has 0 radical (unpaired) electrons. The Morgan fingerprint density at radius 1 is 1.24 bits per heavy atom. The summed E-state index contributed by atoms with van der Waals surface area (Å²) in [7, 11) is 0. The smallest absolute Gasteiger partial charge is 0.241 e. The molecule has 3 rings (SSSR count). The molecule has 0 aliphatic carbocycles. The van der Waals surface area contributed by atoms with Crippen molar-refractivity contribution in [3.63, 3.8) is 0 Å². The van der Waals surface area contributed by atoms with Crippen LogP contribution in [-0.4, -0.2) is 37.6 Å².